The van der Waals surface area contributed by atoms with E-state index in [9.17, 15) is 33.6 Å². The number of likely N-dealkylation sites (N-methyl/N-ethyl adjacent to an activating group) is 7. The topological polar surface area (TPSA) is 184 Å². The van der Waals surface area contributed by atoms with Gasteiger partial charge in [-0.05, 0) is 177 Å². The van der Waals surface area contributed by atoms with Crippen LogP contribution >= 0.6 is 0 Å². The molecule has 21 nitrogen and oxygen atoms in total. The minimum atomic E-state index is -0.290. The second-order valence-electron chi connectivity index (χ2n) is 33.1. The number of carbonyl (C=O) groups is 7. The monoisotopic (exact) mass is 1730 g/mol. The number of ether oxygens (including phenoxy) is 7. The minimum absolute atomic E-state index is 0.223. The SMILES string of the molecule is C/C=C/C(=O)OCC[N+](C)(C)C.C/C=C/C(=O)OCC[N+](CC)(CC)CC.C/C=C/C(=O)OCC[N+](CC)(CCC)C(C)CC.C/C=C/C(=O)OCC[N+](CC)(CCC)CCCC.CCC[N+](CC)(CCOC(=O)/C=C/c1ccccc1)C(C)CC.CC[N+](CC)(CC)CCOC(=O)/C=C/c1ccccc1.C[N+](C)(C)CCOC(=O)/C=C/c1ccccc1. The van der Waals surface area contributed by atoms with Crippen molar-refractivity contribution in [3.05, 3.63) is 175 Å². The number of nitrogens with zero attached hydrogens (tertiary/aromatic N) is 7. The molecular formula is C102H180N7O14+7. The Kier molecular flexibility index (Phi) is 73.0. The summed E-state index contributed by atoms with van der Waals surface area (Å²) in [6, 6.07) is 30.5. The molecule has 3 aromatic carbocycles. The first kappa shape index (κ1) is 121. The minimum Gasteiger partial charge on any atom is -0.457 e. The molecule has 3 aromatic rings. The van der Waals surface area contributed by atoms with Gasteiger partial charge in [-0.3, -0.25) is 0 Å². The Morgan fingerprint density at radius 3 is 0.699 bits per heavy atom. The predicted molar refractivity (Wildman–Crippen MR) is 513 cm³/mol. The van der Waals surface area contributed by atoms with Gasteiger partial charge in [0.1, 0.15) is 92.1 Å². The van der Waals surface area contributed by atoms with E-state index in [1.54, 1.807) is 49.5 Å². The average molecular weight is 1730 g/mol. The van der Waals surface area contributed by atoms with Crippen LogP contribution in [0.5, 0.6) is 0 Å². The lowest BCUT2D eigenvalue weighted by Crippen LogP contribution is -2.56. The van der Waals surface area contributed by atoms with E-state index < -0.39 is 0 Å². The highest BCUT2D eigenvalue weighted by Gasteiger charge is 2.32. The van der Waals surface area contributed by atoms with Crippen molar-refractivity contribution in [2.45, 2.75) is 202 Å². The molecule has 0 aliphatic rings. The molecule has 123 heavy (non-hydrogen) atoms. The molecule has 700 valence electrons. The number of allylic oxidation sites excluding steroid dienone is 4. The number of unbranched alkanes of at least 4 members (excludes halogenated alkanes) is 1. The Hall–Kier alpha value is -8.15. The zero-order valence-corrected chi connectivity index (χ0v) is 82.8. The molecule has 0 aliphatic heterocycles. The van der Waals surface area contributed by atoms with Crippen molar-refractivity contribution in [3.8, 4) is 0 Å². The van der Waals surface area contributed by atoms with Crippen LogP contribution < -0.4 is 0 Å². The van der Waals surface area contributed by atoms with Gasteiger partial charge in [0.15, 0.2) is 0 Å². The molecule has 5 atom stereocenters. The van der Waals surface area contributed by atoms with Crippen molar-refractivity contribution < 1.29 is 98.1 Å². The van der Waals surface area contributed by atoms with E-state index in [0.717, 1.165) is 185 Å². The van der Waals surface area contributed by atoms with Gasteiger partial charge < -0.3 is 64.5 Å². The Balaban J connectivity index is -0.000000677. The smallest absolute Gasteiger partial charge is 0.330 e. The number of benzene rings is 3. The van der Waals surface area contributed by atoms with Crippen LogP contribution in [0.15, 0.2) is 158 Å². The molecule has 0 amide bonds. The van der Waals surface area contributed by atoms with Crippen molar-refractivity contribution in [2.24, 2.45) is 0 Å². The summed E-state index contributed by atoms with van der Waals surface area (Å²) in [7, 11) is 12.4. The molecule has 0 aliphatic carbocycles. The van der Waals surface area contributed by atoms with Crippen LogP contribution in [-0.4, -0.2) is 305 Å². The number of quaternary nitrogens is 7. The van der Waals surface area contributed by atoms with E-state index in [-0.39, 0.29) is 41.8 Å². The van der Waals surface area contributed by atoms with Crippen LogP contribution in [0.3, 0.4) is 0 Å². The first-order valence-corrected chi connectivity index (χ1v) is 46.2. The summed E-state index contributed by atoms with van der Waals surface area (Å²) in [5.41, 5.74) is 3.01. The van der Waals surface area contributed by atoms with Gasteiger partial charge in [-0.2, -0.15) is 0 Å². The first-order chi connectivity index (χ1) is 58.5. The van der Waals surface area contributed by atoms with E-state index in [1.165, 1.54) is 81.3 Å². The number of esters is 7. The zero-order valence-electron chi connectivity index (χ0n) is 82.8. The summed E-state index contributed by atoms with van der Waals surface area (Å²) in [5, 5.41) is 0. The van der Waals surface area contributed by atoms with Crippen LogP contribution in [0.4, 0.5) is 0 Å². The van der Waals surface area contributed by atoms with Crippen molar-refractivity contribution in [1.29, 1.82) is 0 Å². The van der Waals surface area contributed by atoms with Gasteiger partial charge in [-0.1, -0.05) is 163 Å². The van der Waals surface area contributed by atoms with E-state index in [2.05, 4.69) is 160 Å². The first-order valence-electron chi connectivity index (χ1n) is 46.2. The van der Waals surface area contributed by atoms with Crippen LogP contribution in [0.25, 0.3) is 18.2 Å². The fourth-order valence-electron chi connectivity index (χ4n) is 13.7. The maximum atomic E-state index is 11.9. The molecule has 0 aromatic heterocycles. The third kappa shape index (κ3) is 61.8. The fraction of sp³-hybridized carbons (Fsp3) is 0.618. The van der Waals surface area contributed by atoms with Gasteiger partial charge in [-0.25, -0.2) is 33.6 Å². The molecule has 0 radical (unpaired) electrons. The van der Waals surface area contributed by atoms with Crippen molar-refractivity contribution in [3.63, 3.8) is 0 Å². The third-order valence-corrected chi connectivity index (χ3v) is 22.9. The highest BCUT2D eigenvalue weighted by molar-refractivity contribution is 5.88. The second kappa shape index (κ2) is 74.1. The highest BCUT2D eigenvalue weighted by Crippen LogP contribution is 2.20. The Morgan fingerprint density at radius 2 is 0.496 bits per heavy atom. The number of carbonyl (C=O) groups excluding carboxylic acids is 7. The molecule has 0 bridgehead atoms. The van der Waals surface area contributed by atoms with E-state index in [0.29, 0.717) is 58.3 Å². The molecular weight excluding hydrogens is 1550 g/mol. The van der Waals surface area contributed by atoms with E-state index in [4.69, 9.17) is 33.2 Å². The van der Waals surface area contributed by atoms with Crippen molar-refractivity contribution in [2.75, 3.05) is 219 Å². The predicted octanol–water partition coefficient (Wildman–Crippen LogP) is 18.5. The van der Waals surface area contributed by atoms with E-state index >= 15 is 0 Å². The third-order valence-electron chi connectivity index (χ3n) is 22.9. The Morgan fingerprint density at radius 1 is 0.268 bits per heavy atom. The molecule has 0 N–H and O–H groups in total. The maximum absolute atomic E-state index is 11.9. The Labute approximate surface area is 750 Å². The lowest BCUT2D eigenvalue weighted by atomic mass is 10.1. The number of rotatable bonds is 53. The van der Waals surface area contributed by atoms with Crippen molar-refractivity contribution in [1.82, 2.24) is 0 Å². The van der Waals surface area contributed by atoms with Crippen LogP contribution in [0, 0.1) is 0 Å². The summed E-state index contributed by atoms with van der Waals surface area (Å²) >= 11 is 0. The molecule has 3 rings (SSSR count). The van der Waals surface area contributed by atoms with Gasteiger partial charge in [0.05, 0.1) is 139 Å². The lowest BCUT2D eigenvalue weighted by molar-refractivity contribution is -0.948. The van der Waals surface area contributed by atoms with Gasteiger partial charge in [0.2, 0.25) is 0 Å². The molecule has 0 saturated heterocycles. The highest BCUT2D eigenvalue weighted by atomic mass is 16.6. The van der Waals surface area contributed by atoms with Gasteiger partial charge in [-0.15, -0.1) is 0 Å². The number of hydrogen-bond acceptors (Lipinski definition) is 14. The summed E-state index contributed by atoms with van der Waals surface area (Å²) < 4.78 is 43.1. The normalized spacial score (nSPS) is 13.6. The standard InChI is InChI=1S/C20H32NO2.C17H26NO2.2C15H30NO2.C14H20NO2.C12H24NO2.C9H18NO2/c1-5-15-21(7-3,18(4)6-2)16-17-23-20(22)14-13-19-11-9-8-10-12-19;1-4-18(5-2,6-3)14-15-20-17(19)13-12-16-10-8-7-9-11-16;1-6-10-15(17)18-13-12-16(9-4,11-7-2)14(5)8-3;1-5-9-12-16(8-4,11-7-3)13-14-18-15(17)10-6-2;1-15(2,3)11-12-17-14(16)10-9-13-7-5-4-6-8-13;1-5-9-12(14)15-11-10-13(6-2,7-3)8-4;1-5-6-9(11)12-8-7-10(2,3)4/h8-14,18H,5-7,15-17H2,1-4H3;7-13H,4-6,14-15H2,1-3H3;6,10,14H,7-9,11-13H2,1-5H3;6,10H,5,7-9,11-14H2,1-4H3;4-10H,11-12H2,1-3H3;5,9H,6-8,10-11H2,1-4H3;5-6H,7-8H2,1-4H3/q7*+1/b14-13+;13-12+;2*10-6+;10-9+;9-5+;6-5+. The Bertz CT molecular complexity index is 3380. The van der Waals surface area contributed by atoms with Gasteiger partial charge in [0.25, 0.3) is 0 Å². The van der Waals surface area contributed by atoms with Crippen molar-refractivity contribution >= 4 is 60.0 Å². The fourth-order valence-corrected chi connectivity index (χ4v) is 13.7. The lowest BCUT2D eigenvalue weighted by Gasteiger charge is -2.42. The molecule has 0 saturated carbocycles. The molecule has 0 heterocycles. The summed E-state index contributed by atoms with van der Waals surface area (Å²) in [4.78, 5) is 79.4. The summed E-state index contributed by atoms with van der Waals surface area (Å²) in [5.74, 6) is -1.77. The summed E-state index contributed by atoms with van der Waals surface area (Å²) in [6.07, 6.45) is 30.7. The largest absolute Gasteiger partial charge is 0.457 e. The molecule has 5 unspecified atom stereocenters. The molecule has 21 heteroatoms. The zero-order chi connectivity index (χ0) is 93.9. The van der Waals surface area contributed by atoms with Crippen LogP contribution in [0.1, 0.15) is 207 Å². The average Bonchev–Trinajstić information content (AvgIpc) is 0.846. The number of hydrogen-bond donors (Lipinski definition) is 0. The van der Waals surface area contributed by atoms with Gasteiger partial charge in [0, 0.05) is 42.5 Å². The van der Waals surface area contributed by atoms with E-state index in [1.807, 2.05) is 112 Å². The maximum Gasteiger partial charge on any atom is 0.330 e. The van der Waals surface area contributed by atoms with Crippen LogP contribution in [-0.2, 0) is 66.7 Å². The molecule has 0 fully saturated rings. The quantitative estimate of drug-likeness (QED) is 0.0225. The second-order valence-corrected chi connectivity index (χ2v) is 33.1. The summed E-state index contributed by atoms with van der Waals surface area (Å²) in [6.45, 7) is 69.1. The molecule has 0 spiro atoms. The van der Waals surface area contributed by atoms with Gasteiger partial charge >= 0.3 is 41.8 Å². The van der Waals surface area contributed by atoms with Crippen LogP contribution in [0.2, 0.25) is 0 Å².